The van der Waals surface area contributed by atoms with Gasteiger partial charge < -0.3 is 9.15 Å². The van der Waals surface area contributed by atoms with Gasteiger partial charge in [0, 0.05) is 5.88 Å². The average Bonchev–Trinajstić information content (AvgIpc) is 2.57. The van der Waals surface area contributed by atoms with E-state index < -0.39 is 0 Å². The summed E-state index contributed by atoms with van der Waals surface area (Å²) in [6.07, 6.45) is 1.64. The zero-order chi connectivity index (χ0) is 8.81. The summed E-state index contributed by atoms with van der Waals surface area (Å²) in [5, 5.41) is 0. The van der Waals surface area contributed by atoms with E-state index >= 15 is 0 Å². The van der Waals surface area contributed by atoms with Gasteiger partial charge in [0.2, 0.25) is 0 Å². The monoisotopic (exact) mass is 188 g/mol. The predicted octanol–water partition coefficient (Wildman–Crippen LogP) is 2.67. The van der Waals surface area contributed by atoms with Gasteiger partial charge in [-0.2, -0.15) is 0 Å². The van der Waals surface area contributed by atoms with E-state index in [1.807, 2.05) is 12.1 Å². The van der Waals surface area contributed by atoms with Crippen molar-refractivity contribution in [3.05, 3.63) is 24.2 Å². The zero-order valence-corrected chi connectivity index (χ0v) is 7.88. The van der Waals surface area contributed by atoms with Crippen LogP contribution in [0.25, 0.3) is 0 Å². The molecule has 68 valence electrons. The molecule has 3 heteroatoms. The van der Waals surface area contributed by atoms with Crippen LogP contribution in [0.5, 0.6) is 0 Å². The van der Waals surface area contributed by atoms with E-state index in [1.165, 1.54) is 0 Å². The highest BCUT2D eigenvalue weighted by Crippen LogP contribution is 2.04. The summed E-state index contributed by atoms with van der Waals surface area (Å²) in [5.41, 5.74) is 0. The fourth-order valence-corrected chi connectivity index (χ4v) is 0.889. The minimum Gasteiger partial charge on any atom is -0.467 e. The second-order valence-corrected chi connectivity index (χ2v) is 3.16. The molecule has 0 aromatic carbocycles. The van der Waals surface area contributed by atoms with Gasteiger partial charge in [-0.3, -0.25) is 0 Å². The Hall–Kier alpha value is -0.470. The summed E-state index contributed by atoms with van der Waals surface area (Å²) in [6.45, 7) is 3.27. The van der Waals surface area contributed by atoms with Crippen molar-refractivity contribution >= 4 is 11.6 Å². The summed E-state index contributed by atoms with van der Waals surface area (Å²) in [7, 11) is 0. The number of halogens is 1. The summed E-state index contributed by atoms with van der Waals surface area (Å²) in [4.78, 5) is 0. The summed E-state index contributed by atoms with van der Waals surface area (Å²) < 4.78 is 10.4. The molecule has 1 unspecified atom stereocenters. The van der Waals surface area contributed by atoms with Crippen LogP contribution in [0.4, 0.5) is 0 Å². The van der Waals surface area contributed by atoms with Crippen molar-refractivity contribution < 1.29 is 9.15 Å². The Bertz CT molecular complexity index is 196. The molecule has 0 aliphatic heterocycles. The molecule has 1 aromatic rings. The van der Waals surface area contributed by atoms with Crippen LogP contribution >= 0.6 is 11.6 Å². The molecular formula is C9H13ClO2. The van der Waals surface area contributed by atoms with Gasteiger partial charge in [-0.15, -0.1) is 11.6 Å². The van der Waals surface area contributed by atoms with Crippen molar-refractivity contribution in [2.45, 2.75) is 13.5 Å². The van der Waals surface area contributed by atoms with Gasteiger partial charge >= 0.3 is 0 Å². The van der Waals surface area contributed by atoms with Crippen molar-refractivity contribution in [3.63, 3.8) is 0 Å². The molecule has 1 aromatic heterocycles. The second-order valence-electron chi connectivity index (χ2n) is 2.85. The van der Waals surface area contributed by atoms with Gasteiger partial charge in [-0.05, 0) is 18.1 Å². The Labute approximate surface area is 77.5 Å². The molecule has 0 aliphatic carbocycles. The van der Waals surface area contributed by atoms with E-state index in [0.717, 1.165) is 5.76 Å². The van der Waals surface area contributed by atoms with Gasteiger partial charge in [0.25, 0.3) is 0 Å². The van der Waals surface area contributed by atoms with Crippen LogP contribution in [0, 0.1) is 5.92 Å². The van der Waals surface area contributed by atoms with Crippen LogP contribution in [0.15, 0.2) is 22.8 Å². The third-order valence-corrected chi connectivity index (χ3v) is 2.02. The number of furan rings is 1. The lowest BCUT2D eigenvalue weighted by molar-refractivity contribution is 0.0853. The molecule has 1 atom stereocenters. The first-order valence-corrected chi connectivity index (χ1v) is 4.52. The van der Waals surface area contributed by atoms with Gasteiger partial charge in [-0.25, -0.2) is 0 Å². The van der Waals surface area contributed by atoms with Crippen LogP contribution in [-0.2, 0) is 11.3 Å². The highest BCUT2D eigenvalue weighted by Gasteiger charge is 2.00. The van der Waals surface area contributed by atoms with E-state index in [0.29, 0.717) is 25.0 Å². The van der Waals surface area contributed by atoms with Crippen molar-refractivity contribution in [2.75, 3.05) is 12.5 Å². The summed E-state index contributed by atoms with van der Waals surface area (Å²) >= 11 is 5.61. The number of hydrogen-bond acceptors (Lipinski definition) is 2. The fraction of sp³-hybridized carbons (Fsp3) is 0.556. The van der Waals surface area contributed by atoms with Crippen molar-refractivity contribution in [2.24, 2.45) is 5.92 Å². The molecule has 0 radical (unpaired) electrons. The maximum Gasteiger partial charge on any atom is 0.129 e. The number of alkyl halides is 1. The van der Waals surface area contributed by atoms with Crippen molar-refractivity contribution in [1.82, 2.24) is 0 Å². The Morgan fingerprint density at radius 1 is 1.67 bits per heavy atom. The molecule has 12 heavy (non-hydrogen) atoms. The van der Waals surface area contributed by atoms with Gasteiger partial charge in [0.05, 0.1) is 12.9 Å². The molecule has 0 spiro atoms. The molecule has 2 nitrogen and oxygen atoms in total. The largest absolute Gasteiger partial charge is 0.467 e. The molecule has 1 rings (SSSR count). The standard InChI is InChI=1S/C9H13ClO2/c1-8(5-10)6-11-7-9-3-2-4-12-9/h2-4,8H,5-7H2,1H3. The van der Waals surface area contributed by atoms with Crippen molar-refractivity contribution in [1.29, 1.82) is 0 Å². The van der Waals surface area contributed by atoms with Crippen molar-refractivity contribution in [3.8, 4) is 0 Å². The second kappa shape index (κ2) is 5.22. The van der Waals surface area contributed by atoms with Crippen LogP contribution in [0.3, 0.4) is 0 Å². The third kappa shape index (κ3) is 3.28. The van der Waals surface area contributed by atoms with E-state index in [1.54, 1.807) is 6.26 Å². The minimum atomic E-state index is 0.404. The number of rotatable bonds is 5. The topological polar surface area (TPSA) is 22.4 Å². The molecule has 1 heterocycles. The smallest absolute Gasteiger partial charge is 0.129 e. The normalized spacial score (nSPS) is 13.2. The Morgan fingerprint density at radius 2 is 2.50 bits per heavy atom. The Balaban J connectivity index is 2.11. The number of hydrogen-bond donors (Lipinski definition) is 0. The highest BCUT2D eigenvalue weighted by atomic mass is 35.5. The lowest BCUT2D eigenvalue weighted by atomic mass is 10.2. The zero-order valence-electron chi connectivity index (χ0n) is 7.13. The maximum absolute atomic E-state index is 5.61. The lowest BCUT2D eigenvalue weighted by Gasteiger charge is -2.06. The Morgan fingerprint density at radius 3 is 3.08 bits per heavy atom. The van der Waals surface area contributed by atoms with E-state index in [4.69, 9.17) is 20.8 Å². The first-order valence-electron chi connectivity index (χ1n) is 3.99. The van der Waals surface area contributed by atoms with Gasteiger partial charge in [0.15, 0.2) is 0 Å². The molecule has 0 saturated carbocycles. The first-order chi connectivity index (χ1) is 5.83. The fourth-order valence-electron chi connectivity index (χ4n) is 0.800. The molecule has 0 fully saturated rings. The Kier molecular flexibility index (Phi) is 4.19. The highest BCUT2D eigenvalue weighted by molar-refractivity contribution is 6.18. The third-order valence-electron chi connectivity index (χ3n) is 1.49. The quantitative estimate of drug-likeness (QED) is 0.663. The molecule has 0 N–H and O–H groups in total. The molecule has 0 saturated heterocycles. The first kappa shape index (κ1) is 9.62. The van der Waals surface area contributed by atoms with Gasteiger partial charge in [-0.1, -0.05) is 6.92 Å². The van der Waals surface area contributed by atoms with Crippen LogP contribution in [0.2, 0.25) is 0 Å². The minimum absolute atomic E-state index is 0.404. The van der Waals surface area contributed by atoms with E-state index in [2.05, 4.69) is 6.92 Å². The van der Waals surface area contributed by atoms with E-state index in [9.17, 15) is 0 Å². The molecule has 0 amide bonds. The van der Waals surface area contributed by atoms with E-state index in [-0.39, 0.29) is 0 Å². The lowest BCUT2D eigenvalue weighted by Crippen LogP contribution is -2.06. The summed E-state index contributed by atoms with van der Waals surface area (Å²) in [6, 6.07) is 3.75. The van der Waals surface area contributed by atoms with Crippen LogP contribution in [-0.4, -0.2) is 12.5 Å². The predicted molar refractivity (Wildman–Crippen MR) is 48.2 cm³/mol. The van der Waals surface area contributed by atoms with Crippen LogP contribution in [0.1, 0.15) is 12.7 Å². The molecule has 0 bridgehead atoms. The maximum atomic E-state index is 5.61. The van der Waals surface area contributed by atoms with Gasteiger partial charge in [0.1, 0.15) is 12.4 Å². The van der Waals surface area contributed by atoms with Crippen LogP contribution < -0.4 is 0 Å². The average molecular weight is 189 g/mol. The summed E-state index contributed by atoms with van der Waals surface area (Å²) in [5.74, 6) is 1.90. The molecular weight excluding hydrogens is 176 g/mol. The molecule has 0 aliphatic rings. The SMILES string of the molecule is CC(CCl)COCc1ccco1. The number of ether oxygens (including phenoxy) is 1.